The molecule has 2 aromatic rings. The van der Waals surface area contributed by atoms with Crippen molar-refractivity contribution in [3.05, 3.63) is 59.2 Å². The van der Waals surface area contributed by atoms with E-state index in [9.17, 15) is 4.79 Å². The molecule has 0 saturated heterocycles. The van der Waals surface area contributed by atoms with E-state index < -0.39 is 0 Å². The van der Waals surface area contributed by atoms with Crippen molar-refractivity contribution >= 4 is 29.4 Å². The van der Waals surface area contributed by atoms with Gasteiger partial charge in [-0.25, -0.2) is 0 Å². The Bertz CT molecular complexity index is 901. The van der Waals surface area contributed by atoms with Crippen LogP contribution in [-0.2, 0) is 4.79 Å². The third-order valence-corrected chi connectivity index (χ3v) is 4.10. The summed E-state index contributed by atoms with van der Waals surface area (Å²) in [5.41, 5.74) is 4.30. The van der Waals surface area contributed by atoms with E-state index in [4.69, 9.17) is 15.6 Å². The zero-order valence-corrected chi connectivity index (χ0v) is 14.7. The van der Waals surface area contributed by atoms with Crippen LogP contribution in [0.3, 0.4) is 0 Å². The van der Waals surface area contributed by atoms with Crippen molar-refractivity contribution in [2.75, 3.05) is 18.1 Å². The van der Waals surface area contributed by atoms with E-state index in [0.717, 1.165) is 22.4 Å². The van der Waals surface area contributed by atoms with E-state index in [1.54, 1.807) is 24.0 Å². The minimum absolute atomic E-state index is 0.0288. The summed E-state index contributed by atoms with van der Waals surface area (Å²) >= 11 is 0. The van der Waals surface area contributed by atoms with Gasteiger partial charge >= 0.3 is 0 Å². The van der Waals surface area contributed by atoms with E-state index in [1.165, 1.54) is 0 Å². The molecule has 0 atom stereocenters. The summed E-state index contributed by atoms with van der Waals surface area (Å²) in [7, 11) is 0. The molecule has 0 spiro atoms. The van der Waals surface area contributed by atoms with E-state index in [0.29, 0.717) is 17.7 Å². The van der Waals surface area contributed by atoms with Crippen molar-refractivity contribution in [2.45, 2.75) is 13.8 Å². The molecule has 3 rings (SSSR count). The van der Waals surface area contributed by atoms with Crippen molar-refractivity contribution in [2.24, 2.45) is 4.99 Å². The first-order valence-electron chi connectivity index (χ1n) is 8.26. The van der Waals surface area contributed by atoms with Crippen LogP contribution in [0.4, 0.5) is 5.69 Å². The van der Waals surface area contributed by atoms with Crippen molar-refractivity contribution in [3.63, 3.8) is 0 Å². The average Bonchev–Trinajstić information content (AvgIpc) is 2.76. The van der Waals surface area contributed by atoms with Gasteiger partial charge in [0.25, 0.3) is 0 Å². The van der Waals surface area contributed by atoms with Crippen LogP contribution in [-0.4, -0.2) is 36.8 Å². The van der Waals surface area contributed by atoms with Gasteiger partial charge in [-0.05, 0) is 32.0 Å². The van der Waals surface area contributed by atoms with Crippen LogP contribution in [0.1, 0.15) is 23.6 Å². The summed E-state index contributed by atoms with van der Waals surface area (Å²) in [5.74, 6) is 1.03. The number of rotatable bonds is 4. The molecule has 6 heteroatoms. The molecular weight excluding hydrogens is 328 g/mol. The van der Waals surface area contributed by atoms with Crippen LogP contribution in [0.5, 0.6) is 5.75 Å². The zero-order valence-electron chi connectivity index (χ0n) is 14.7. The molecule has 132 valence electrons. The lowest BCUT2D eigenvalue weighted by atomic mass is 9.99. The number of benzodiazepines with no additional fused rings is 1. The second-order valence-electron chi connectivity index (χ2n) is 6.06. The number of nitrogens with one attached hydrogen (secondary N) is 2. The number of aryl methyl sites for hydroxylation is 1. The van der Waals surface area contributed by atoms with Gasteiger partial charge in [-0.2, -0.15) is 0 Å². The fourth-order valence-electron chi connectivity index (χ4n) is 2.92. The lowest BCUT2D eigenvalue weighted by Crippen LogP contribution is -2.35. The van der Waals surface area contributed by atoms with Crippen molar-refractivity contribution in [1.29, 1.82) is 10.8 Å². The van der Waals surface area contributed by atoms with Crippen LogP contribution in [0.2, 0.25) is 0 Å². The first-order valence-corrected chi connectivity index (χ1v) is 8.26. The van der Waals surface area contributed by atoms with Crippen molar-refractivity contribution in [1.82, 2.24) is 0 Å². The van der Waals surface area contributed by atoms with Gasteiger partial charge in [-0.3, -0.25) is 25.5 Å². The standard InChI is InChI=1S/C20H20N4O2/c1-13-3-5-15(6-4-13)20-17-11-16(26-10-9-25)7-8-18(17)24(14(2)21)19(22)12-23-20/h3-9,11,21-22H,10,12H2,1-2H3. The fourth-order valence-corrected chi connectivity index (χ4v) is 2.92. The Hall–Kier alpha value is -3.28. The normalized spacial score (nSPS) is 13.5. The number of benzene rings is 2. The van der Waals surface area contributed by atoms with Crippen LogP contribution < -0.4 is 9.64 Å². The molecule has 2 N–H and O–H groups in total. The molecule has 1 heterocycles. The molecule has 0 aromatic heterocycles. The van der Waals surface area contributed by atoms with Gasteiger partial charge in [0.2, 0.25) is 0 Å². The Morgan fingerprint density at radius 1 is 1.27 bits per heavy atom. The second kappa shape index (κ2) is 7.31. The predicted molar refractivity (Wildman–Crippen MR) is 103 cm³/mol. The van der Waals surface area contributed by atoms with Crippen LogP contribution in [0.15, 0.2) is 47.5 Å². The summed E-state index contributed by atoms with van der Waals surface area (Å²) in [6.07, 6.45) is 0.699. The number of carbonyl (C=O) groups is 1. The highest BCUT2D eigenvalue weighted by Gasteiger charge is 2.25. The average molecular weight is 348 g/mol. The first kappa shape index (κ1) is 17.5. The molecule has 6 nitrogen and oxygen atoms in total. The Morgan fingerprint density at radius 2 is 2.00 bits per heavy atom. The molecule has 0 amide bonds. The summed E-state index contributed by atoms with van der Waals surface area (Å²) in [4.78, 5) is 16.8. The van der Waals surface area contributed by atoms with E-state index >= 15 is 0 Å². The number of anilines is 1. The second-order valence-corrected chi connectivity index (χ2v) is 6.06. The number of aldehydes is 1. The van der Waals surface area contributed by atoms with E-state index in [1.807, 2.05) is 37.3 Å². The van der Waals surface area contributed by atoms with Crippen LogP contribution >= 0.6 is 0 Å². The molecule has 2 aromatic carbocycles. The Morgan fingerprint density at radius 3 is 2.65 bits per heavy atom. The molecule has 1 aliphatic rings. The largest absolute Gasteiger partial charge is 0.486 e. The number of hydrogen-bond donors (Lipinski definition) is 2. The van der Waals surface area contributed by atoms with Crippen LogP contribution in [0, 0.1) is 17.7 Å². The number of hydrogen-bond acceptors (Lipinski definition) is 5. The lowest BCUT2D eigenvalue weighted by Gasteiger charge is -2.24. The van der Waals surface area contributed by atoms with Gasteiger partial charge in [0.1, 0.15) is 24.0 Å². The number of nitrogens with zero attached hydrogens (tertiary/aromatic N) is 2. The quantitative estimate of drug-likeness (QED) is 0.505. The molecule has 0 aliphatic carbocycles. The number of amidine groups is 2. The van der Waals surface area contributed by atoms with Crippen LogP contribution in [0.25, 0.3) is 0 Å². The summed E-state index contributed by atoms with van der Waals surface area (Å²) in [6.45, 7) is 3.82. The van der Waals surface area contributed by atoms with Gasteiger partial charge in [0, 0.05) is 11.1 Å². The fraction of sp³-hybridized carbons (Fsp3) is 0.200. The highest BCUT2D eigenvalue weighted by atomic mass is 16.5. The SMILES string of the molecule is CC(=N)N1C(=N)CN=C(c2ccc(C)cc2)c2cc(OCC=O)ccc21. The van der Waals surface area contributed by atoms with E-state index in [2.05, 4.69) is 4.99 Å². The molecule has 26 heavy (non-hydrogen) atoms. The number of aliphatic imine (C=N–C) groups is 1. The smallest absolute Gasteiger partial charge is 0.157 e. The van der Waals surface area contributed by atoms with Gasteiger partial charge in [0.15, 0.2) is 6.29 Å². The first-order chi connectivity index (χ1) is 12.5. The Labute approximate surface area is 152 Å². The molecular formula is C20H20N4O2. The van der Waals surface area contributed by atoms with Gasteiger partial charge in [-0.1, -0.05) is 29.8 Å². The molecule has 0 fully saturated rings. The topological polar surface area (TPSA) is 89.6 Å². The van der Waals surface area contributed by atoms with Gasteiger partial charge in [-0.15, -0.1) is 0 Å². The molecule has 0 radical (unpaired) electrons. The highest BCUT2D eigenvalue weighted by molar-refractivity contribution is 6.25. The maximum atomic E-state index is 10.6. The number of ether oxygens (including phenoxy) is 1. The Balaban J connectivity index is 2.18. The molecule has 0 saturated carbocycles. The monoisotopic (exact) mass is 348 g/mol. The summed E-state index contributed by atoms with van der Waals surface area (Å²) in [6, 6.07) is 13.4. The van der Waals surface area contributed by atoms with E-state index in [-0.39, 0.29) is 24.8 Å². The maximum Gasteiger partial charge on any atom is 0.157 e. The number of carbonyl (C=O) groups excluding carboxylic acids is 1. The van der Waals surface area contributed by atoms with Crippen molar-refractivity contribution < 1.29 is 9.53 Å². The number of fused-ring (bicyclic) bond motifs is 1. The summed E-state index contributed by atoms with van der Waals surface area (Å²) in [5, 5.41) is 16.4. The zero-order chi connectivity index (χ0) is 18.7. The van der Waals surface area contributed by atoms with Gasteiger partial charge < -0.3 is 4.74 Å². The Kier molecular flexibility index (Phi) is 4.93. The highest BCUT2D eigenvalue weighted by Crippen LogP contribution is 2.31. The minimum Gasteiger partial charge on any atom is -0.486 e. The minimum atomic E-state index is -0.0288. The molecule has 1 aliphatic heterocycles. The van der Waals surface area contributed by atoms with Gasteiger partial charge in [0.05, 0.1) is 17.9 Å². The third-order valence-electron chi connectivity index (χ3n) is 4.10. The predicted octanol–water partition coefficient (Wildman–Crippen LogP) is 3.20. The molecule has 0 unspecified atom stereocenters. The molecule has 0 bridgehead atoms. The maximum absolute atomic E-state index is 10.6. The summed E-state index contributed by atoms with van der Waals surface area (Å²) < 4.78 is 5.44. The third kappa shape index (κ3) is 3.39. The van der Waals surface area contributed by atoms with Crippen molar-refractivity contribution in [3.8, 4) is 5.75 Å². The lowest BCUT2D eigenvalue weighted by molar-refractivity contribution is -0.109.